The number of nitrogens with zero attached hydrogens (tertiary/aromatic N) is 3. The molecule has 2 aliphatic carbocycles. The molecule has 2 aromatic rings. The van der Waals surface area contributed by atoms with Gasteiger partial charge in [-0.1, -0.05) is 31.7 Å². The highest BCUT2D eigenvalue weighted by atomic mass is 19.4. The van der Waals surface area contributed by atoms with Crippen molar-refractivity contribution < 1.29 is 17.6 Å². The Balaban J connectivity index is 1.37. The number of hydrogen-bond acceptors (Lipinski definition) is 4. The van der Waals surface area contributed by atoms with Crippen molar-refractivity contribution in [3.05, 3.63) is 102 Å². The van der Waals surface area contributed by atoms with Crippen molar-refractivity contribution in [3.63, 3.8) is 0 Å². The van der Waals surface area contributed by atoms with E-state index in [1.54, 1.807) is 0 Å². The van der Waals surface area contributed by atoms with Crippen LogP contribution in [0.25, 0.3) is 17.0 Å². The van der Waals surface area contributed by atoms with Crippen molar-refractivity contribution in [3.8, 4) is 11.5 Å². The zero-order chi connectivity index (χ0) is 23.2. The summed E-state index contributed by atoms with van der Waals surface area (Å²) in [4.78, 5) is 2.29. The molecule has 1 saturated carbocycles. The lowest BCUT2D eigenvalue weighted by Crippen LogP contribution is -2.42. The predicted octanol–water partition coefficient (Wildman–Crippen LogP) is 6.31. The molecule has 3 unspecified atom stereocenters. The van der Waals surface area contributed by atoms with Crippen LogP contribution in [0.1, 0.15) is 25.3 Å². The number of halogens is 3. The number of aromatic nitrogens is 2. The molecular weight excluding hydrogens is 427 g/mol. The summed E-state index contributed by atoms with van der Waals surface area (Å²) in [6.07, 6.45) is 10.1. The van der Waals surface area contributed by atoms with Gasteiger partial charge < -0.3 is 9.32 Å². The van der Waals surface area contributed by atoms with E-state index in [4.69, 9.17) is 4.42 Å². The van der Waals surface area contributed by atoms with Crippen LogP contribution in [0.4, 0.5) is 13.2 Å². The minimum atomic E-state index is -4.39. The van der Waals surface area contributed by atoms with Gasteiger partial charge in [0.25, 0.3) is 0 Å². The van der Waals surface area contributed by atoms with Gasteiger partial charge in [0.1, 0.15) is 0 Å². The first-order chi connectivity index (χ1) is 15.7. The molecule has 4 nitrogen and oxygen atoms in total. The summed E-state index contributed by atoms with van der Waals surface area (Å²) in [5.41, 5.74) is 3.74. The highest BCUT2D eigenvalue weighted by Crippen LogP contribution is 2.73. The zero-order valence-electron chi connectivity index (χ0n) is 18.0. The second-order valence-electron chi connectivity index (χ2n) is 9.09. The Hall–Kier alpha value is -3.61. The second-order valence-corrected chi connectivity index (χ2v) is 9.09. The van der Waals surface area contributed by atoms with Gasteiger partial charge in [0.15, 0.2) is 0 Å². The lowest BCUT2D eigenvalue weighted by Gasteiger charge is -2.43. The quantitative estimate of drug-likeness (QED) is 0.506. The molecule has 7 heteroatoms. The molecule has 0 saturated heterocycles. The Labute approximate surface area is 188 Å². The number of benzene rings is 1. The van der Waals surface area contributed by atoms with Crippen LogP contribution < -0.4 is 0 Å². The van der Waals surface area contributed by atoms with Crippen LogP contribution in [-0.4, -0.2) is 20.6 Å². The van der Waals surface area contributed by atoms with Crippen LogP contribution in [0.15, 0.2) is 94.8 Å². The van der Waals surface area contributed by atoms with Crippen LogP contribution in [0.2, 0.25) is 0 Å². The number of fused-ring (bicyclic) bond motifs is 5. The molecule has 33 heavy (non-hydrogen) atoms. The fourth-order valence-electron chi connectivity index (χ4n) is 5.48. The second kappa shape index (κ2) is 6.25. The molecule has 0 N–H and O–H groups in total. The van der Waals surface area contributed by atoms with Crippen LogP contribution in [0.5, 0.6) is 0 Å². The van der Waals surface area contributed by atoms with E-state index in [-0.39, 0.29) is 22.8 Å². The van der Waals surface area contributed by atoms with Crippen LogP contribution in [-0.2, 0) is 6.18 Å². The third kappa shape index (κ3) is 2.53. The Morgan fingerprint density at radius 3 is 2.48 bits per heavy atom. The van der Waals surface area contributed by atoms with Gasteiger partial charge in [-0.05, 0) is 60.6 Å². The first kappa shape index (κ1) is 20.0. The van der Waals surface area contributed by atoms with E-state index in [0.29, 0.717) is 11.5 Å². The summed E-state index contributed by atoms with van der Waals surface area (Å²) < 4.78 is 44.4. The molecular formula is C26H20F3N3O. The minimum absolute atomic E-state index is 0.0832. The van der Waals surface area contributed by atoms with Crippen LogP contribution in [0, 0.1) is 11.3 Å². The van der Waals surface area contributed by atoms with Gasteiger partial charge in [-0.25, -0.2) is 0 Å². The molecule has 1 aromatic carbocycles. The molecule has 3 atom stereocenters. The van der Waals surface area contributed by atoms with Crippen molar-refractivity contribution in [2.24, 2.45) is 11.3 Å². The average Bonchev–Trinajstić information content (AvgIpc) is 3.14. The van der Waals surface area contributed by atoms with Gasteiger partial charge in [-0.3, -0.25) is 0 Å². The van der Waals surface area contributed by atoms with Gasteiger partial charge in [0.2, 0.25) is 11.8 Å². The van der Waals surface area contributed by atoms with Gasteiger partial charge in [-0.15, -0.1) is 10.2 Å². The Kier molecular flexibility index (Phi) is 3.79. The maximum atomic E-state index is 12.8. The van der Waals surface area contributed by atoms with Crippen molar-refractivity contribution in [1.82, 2.24) is 15.1 Å². The normalized spacial score (nSPS) is 29.6. The third-order valence-corrected chi connectivity index (χ3v) is 7.67. The summed E-state index contributed by atoms with van der Waals surface area (Å²) in [7, 11) is 0. The zero-order valence-corrected chi connectivity index (χ0v) is 18.0. The summed E-state index contributed by atoms with van der Waals surface area (Å²) in [6.45, 7) is 8.86. The van der Waals surface area contributed by atoms with Crippen molar-refractivity contribution in [1.29, 1.82) is 0 Å². The largest absolute Gasteiger partial charge is 0.416 e. The van der Waals surface area contributed by atoms with E-state index >= 15 is 0 Å². The number of hydrogen-bond donors (Lipinski definition) is 0. The van der Waals surface area contributed by atoms with Crippen molar-refractivity contribution in [2.45, 2.75) is 25.6 Å². The van der Waals surface area contributed by atoms with E-state index in [1.165, 1.54) is 17.7 Å². The van der Waals surface area contributed by atoms with Gasteiger partial charge >= 0.3 is 6.18 Å². The SMILES string of the molecule is C=C1C2(C)C3C=CC(c4nnc(-c5ccc(C(F)(F)F)cc5)o4)=CC3=C3C=CC=CN3C12C. The average molecular weight is 447 g/mol. The summed E-state index contributed by atoms with van der Waals surface area (Å²) in [5, 5.41) is 8.22. The number of allylic oxidation sites excluding steroid dienone is 8. The van der Waals surface area contributed by atoms with E-state index in [2.05, 4.69) is 60.0 Å². The first-order valence-electron chi connectivity index (χ1n) is 10.7. The Morgan fingerprint density at radius 2 is 1.76 bits per heavy atom. The molecule has 1 fully saturated rings. The van der Waals surface area contributed by atoms with E-state index in [9.17, 15) is 13.2 Å². The molecule has 0 amide bonds. The molecule has 2 aliphatic heterocycles. The molecule has 166 valence electrons. The summed E-state index contributed by atoms with van der Waals surface area (Å²) >= 11 is 0. The van der Waals surface area contributed by atoms with E-state index in [0.717, 1.165) is 29.0 Å². The number of alkyl halides is 3. The van der Waals surface area contributed by atoms with Crippen molar-refractivity contribution >= 4 is 5.57 Å². The van der Waals surface area contributed by atoms with E-state index < -0.39 is 11.7 Å². The summed E-state index contributed by atoms with van der Waals surface area (Å²) in [5.74, 6) is 0.676. The smallest absolute Gasteiger partial charge is 0.416 e. The molecule has 1 aromatic heterocycles. The molecule has 0 spiro atoms. The van der Waals surface area contributed by atoms with E-state index in [1.807, 2.05) is 18.2 Å². The highest BCUT2D eigenvalue weighted by molar-refractivity contribution is 5.77. The Morgan fingerprint density at radius 1 is 1.03 bits per heavy atom. The maximum absolute atomic E-state index is 12.8. The molecule has 3 heterocycles. The lowest BCUT2D eigenvalue weighted by molar-refractivity contribution is -0.137. The first-order valence-corrected chi connectivity index (χ1v) is 10.7. The minimum Gasteiger partial charge on any atom is -0.416 e. The van der Waals surface area contributed by atoms with Crippen LogP contribution >= 0.6 is 0 Å². The third-order valence-electron chi connectivity index (χ3n) is 7.67. The van der Waals surface area contributed by atoms with Gasteiger partial charge in [0.05, 0.1) is 11.1 Å². The maximum Gasteiger partial charge on any atom is 0.416 e. The van der Waals surface area contributed by atoms with Crippen molar-refractivity contribution in [2.75, 3.05) is 0 Å². The van der Waals surface area contributed by atoms with Gasteiger partial charge in [0, 0.05) is 34.4 Å². The predicted molar refractivity (Wildman–Crippen MR) is 118 cm³/mol. The molecule has 4 aliphatic rings. The van der Waals surface area contributed by atoms with Gasteiger partial charge in [-0.2, -0.15) is 13.2 Å². The van der Waals surface area contributed by atoms with Crippen LogP contribution in [0.3, 0.4) is 0 Å². The highest BCUT2D eigenvalue weighted by Gasteiger charge is 2.73. The monoisotopic (exact) mass is 447 g/mol. The number of rotatable bonds is 2. The molecule has 0 bridgehead atoms. The Bertz CT molecular complexity index is 1360. The topological polar surface area (TPSA) is 42.2 Å². The summed E-state index contributed by atoms with van der Waals surface area (Å²) in [6, 6.07) is 4.69. The lowest BCUT2D eigenvalue weighted by atomic mass is 9.73. The fourth-order valence-corrected chi connectivity index (χ4v) is 5.48. The fraction of sp³-hybridized carbons (Fsp3) is 0.231. The standard InChI is InChI=1S/C26H20F3N3O/c1-15-24(2)20-12-9-17(14-19(20)21-6-4-5-13-32(21)25(15,24)3)23-31-30-22(33-23)16-7-10-18(11-8-16)26(27,28)29/h4-14,20H,1H2,2-3H3. The molecule has 0 radical (unpaired) electrons. The molecule has 6 rings (SSSR count).